The number of methoxy groups -OCH3 is 1. The average Bonchev–Trinajstić information content (AvgIpc) is 3.24. The van der Waals surface area contributed by atoms with Crippen LogP contribution in [0.4, 0.5) is 5.69 Å². The molecule has 1 fully saturated rings. The lowest BCUT2D eigenvalue weighted by Gasteiger charge is -2.36. The molecule has 4 rings (SSSR count). The van der Waals surface area contributed by atoms with Gasteiger partial charge in [0.1, 0.15) is 11.3 Å². The van der Waals surface area contributed by atoms with Crippen LogP contribution in [0.15, 0.2) is 65.3 Å². The van der Waals surface area contributed by atoms with Crippen LogP contribution < -0.4 is 9.64 Å². The van der Waals surface area contributed by atoms with E-state index in [-0.39, 0.29) is 5.91 Å². The number of carbonyl (C=O) groups is 1. The maximum absolute atomic E-state index is 13.0. The number of anilines is 1. The van der Waals surface area contributed by atoms with E-state index in [0.29, 0.717) is 24.4 Å². The molecule has 1 aromatic heterocycles. The molecule has 2 aromatic carbocycles. The largest absolute Gasteiger partial charge is 0.497 e. The van der Waals surface area contributed by atoms with Crippen LogP contribution in [0.5, 0.6) is 5.75 Å². The normalized spacial score (nSPS) is 14.3. The molecule has 0 aliphatic carbocycles. The molecule has 1 aliphatic heterocycles. The minimum Gasteiger partial charge on any atom is -0.497 e. The number of nitrogens with zero attached hydrogens (tertiary/aromatic N) is 3. The molecule has 138 valence electrons. The summed E-state index contributed by atoms with van der Waals surface area (Å²) >= 11 is 0. The van der Waals surface area contributed by atoms with Crippen molar-refractivity contribution >= 4 is 11.6 Å². The Morgan fingerprint density at radius 3 is 2.37 bits per heavy atom. The Balaban J connectivity index is 1.44. The number of aromatic nitrogens is 1. The monoisotopic (exact) mass is 363 g/mol. The Morgan fingerprint density at radius 2 is 1.70 bits per heavy atom. The molecular formula is C21H21N3O3. The van der Waals surface area contributed by atoms with E-state index in [1.165, 1.54) is 6.20 Å². The van der Waals surface area contributed by atoms with Gasteiger partial charge in [-0.05, 0) is 24.3 Å². The maximum atomic E-state index is 13.0. The quantitative estimate of drug-likeness (QED) is 0.712. The van der Waals surface area contributed by atoms with Crippen molar-refractivity contribution in [3.63, 3.8) is 0 Å². The van der Waals surface area contributed by atoms with Gasteiger partial charge >= 0.3 is 0 Å². The first kappa shape index (κ1) is 17.1. The van der Waals surface area contributed by atoms with Crippen LogP contribution in [0.25, 0.3) is 11.3 Å². The molecule has 1 amide bonds. The first-order chi connectivity index (χ1) is 13.3. The SMILES string of the molecule is COc1ccc(N2CCN(C(=O)c3cnoc3-c3ccccc3)CC2)cc1. The highest BCUT2D eigenvalue weighted by Gasteiger charge is 2.26. The van der Waals surface area contributed by atoms with E-state index < -0.39 is 0 Å². The molecule has 3 aromatic rings. The van der Waals surface area contributed by atoms with Gasteiger partial charge in [0.15, 0.2) is 5.76 Å². The Kier molecular flexibility index (Phi) is 4.78. The predicted molar refractivity (Wildman–Crippen MR) is 103 cm³/mol. The van der Waals surface area contributed by atoms with E-state index in [0.717, 1.165) is 30.1 Å². The van der Waals surface area contributed by atoms with Crippen molar-refractivity contribution in [1.29, 1.82) is 0 Å². The van der Waals surface area contributed by atoms with Crippen molar-refractivity contribution in [2.24, 2.45) is 0 Å². The zero-order valence-corrected chi connectivity index (χ0v) is 15.2. The number of hydrogen-bond donors (Lipinski definition) is 0. The Morgan fingerprint density at radius 1 is 1.00 bits per heavy atom. The molecule has 1 aliphatic rings. The van der Waals surface area contributed by atoms with Gasteiger partial charge in [0.05, 0.1) is 13.3 Å². The molecule has 1 saturated heterocycles. The second-order valence-electron chi connectivity index (χ2n) is 6.41. The highest BCUT2D eigenvalue weighted by Crippen LogP contribution is 2.26. The van der Waals surface area contributed by atoms with Crippen LogP contribution >= 0.6 is 0 Å². The van der Waals surface area contributed by atoms with Gasteiger partial charge in [-0.2, -0.15) is 0 Å². The molecule has 27 heavy (non-hydrogen) atoms. The smallest absolute Gasteiger partial charge is 0.259 e. The van der Waals surface area contributed by atoms with Crippen LogP contribution in [0.3, 0.4) is 0 Å². The Hall–Kier alpha value is -3.28. The zero-order chi connectivity index (χ0) is 18.6. The number of benzene rings is 2. The molecular weight excluding hydrogens is 342 g/mol. The number of amides is 1. The minimum absolute atomic E-state index is 0.0375. The lowest BCUT2D eigenvalue weighted by atomic mass is 10.1. The van der Waals surface area contributed by atoms with E-state index >= 15 is 0 Å². The van der Waals surface area contributed by atoms with Gasteiger partial charge < -0.3 is 19.1 Å². The van der Waals surface area contributed by atoms with E-state index in [9.17, 15) is 4.79 Å². The van der Waals surface area contributed by atoms with E-state index in [1.807, 2.05) is 59.5 Å². The summed E-state index contributed by atoms with van der Waals surface area (Å²) in [6.07, 6.45) is 1.51. The van der Waals surface area contributed by atoms with Gasteiger partial charge in [-0.1, -0.05) is 35.5 Å². The molecule has 0 unspecified atom stereocenters. The summed E-state index contributed by atoms with van der Waals surface area (Å²) in [6.45, 7) is 2.88. The van der Waals surface area contributed by atoms with Crippen LogP contribution in [0, 0.1) is 0 Å². The van der Waals surface area contributed by atoms with Crippen LogP contribution in [-0.4, -0.2) is 49.3 Å². The molecule has 0 saturated carbocycles. The second-order valence-corrected chi connectivity index (χ2v) is 6.41. The summed E-state index contributed by atoms with van der Waals surface area (Å²) in [7, 11) is 1.66. The predicted octanol–water partition coefficient (Wildman–Crippen LogP) is 3.31. The summed E-state index contributed by atoms with van der Waals surface area (Å²) < 4.78 is 10.6. The van der Waals surface area contributed by atoms with Crippen molar-refractivity contribution in [2.75, 3.05) is 38.2 Å². The maximum Gasteiger partial charge on any atom is 0.259 e. The van der Waals surface area contributed by atoms with Crippen LogP contribution in [0.1, 0.15) is 10.4 Å². The number of ether oxygens (including phenoxy) is 1. The van der Waals surface area contributed by atoms with E-state index in [4.69, 9.17) is 9.26 Å². The Labute approximate surface area is 157 Å². The number of carbonyl (C=O) groups excluding carboxylic acids is 1. The lowest BCUT2D eigenvalue weighted by Crippen LogP contribution is -2.48. The number of rotatable bonds is 4. The summed E-state index contributed by atoms with van der Waals surface area (Å²) in [5.41, 5.74) is 2.51. The molecule has 2 heterocycles. The lowest BCUT2D eigenvalue weighted by molar-refractivity contribution is 0.0747. The topological polar surface area (TPSA) is 58.8 Å². The summed E-state index contributed by atoms with van der Waals surface area (Å²) in [4.78, 5) is 17.1. The number of piperazine rings is 1. The molecule has 0 N–H and O–H groups in total. The van der Waals surface area contributed by atoms with Crippen LogP contribution in [0.2, 0.25) is 0 Å². The van der Waals surface area contributed by atoms with Gasteiger partial charge in [0.25, 0.3) is 5.91 Å². The highest BCUT2D eigenvalue weighted by molar-refractivity contribution is 5.99. The second kappa shape index (κ2) is 7.53. The summed E-state index contributed by atoms with van der Waals surface area (Å²) in [6, 6.07) is 17.6. The molecule has 0 radical (unpaired) electrons. The van der Waals surface area contributed by atoms with Crippen molar-refractivity contribution in [2.45, 2.75) is 0 Å². The summed E-state index contributed by atoms with van der Waals surface area (Å²) in [5.74, 6) is 1.33. The van der Waals surface area contributed by atoms with Crippen LogP contribution in [-0.2, 0) is 0 Å². The van der Waals surface area contributed by atoms with Crippen molar-refractivity contribution in [1.82, 2.24) is 10.1 Å². The molecule has 6 heteroatoms. The third kappa shape index (κ3) is 3.51. The molecule has 0 bridgehead atoms. The molecule has 0 spiro atoms. The van der Waals surface area contributed by atoms with Gasteiger partial charge in [0, 0.05) is 37.4 Å². The number of hydrogen-bond acceptors (Lipinski definition) is 5. The first-order valence-corrected chi connectivity index (χ1v) is 8.94. The van der Waals surface area contributed by atoms with Gasteiger partial charge in [-0.3, -0.25) is 4.79 Å². The van der Waals surface area contributed by atoms with Crippen molar-refractivity contribution in [3.05, 3.63) is 66.4 Å². The fraction of sp³-hybridized carbons (Fsp3) is 0.238. The fourth-order valence-electron chi connectivity index (χ4n) is 3.32. The average molecular weight is 363 g/mol. The molecule has 6 nitrogen and oxygen atoms in total. The van der Waals surface area contributed by atoms with Gasteiger partial charge in [0.2, 0.25) is 0 Å². The fourth-order valence-corrected chi connectivity index (χ4v) is 3.32. The standard InChI is InChI=1S/C21H21N3O3/c1-26-18-9-7-17(8-10-18)23-11-13-24(14-12-23)21(25)19-15-22-27-20(19)16-5-3-2-4-6-16/h2-10,15H,11-14H2,1H3. The Bertz CT molecular complexity index is 898. The third-order valence-corrected chi connectivity index (χ3v) is 4.84. The first-order valence-electron chi connectivity index (χ1n) is 8.94. The minimum atomic E-state index is -0.0375. The van der Waals surface area contributed by atoms with Crippen molar-refractivity contribution < 1.29 is 14.1 Å². The van der Waals surface area contributed by atoms with Crippen molar-refractivity contribution in [3.8, 4) is 17.1 Å². The summed E-state index contributed by atoms with van der Waals surface area (Å²) in [5, 5.41) is 3.85. The van der Waals surface area contributed by atoms with E-state index in [2.05, 4.69) is 10.1 Å². The molecule has 0 atom stereocenters. The highest BCUT2D eigenvalue weighted by atomic mass is 16.5. The van der Waals surface area contributed by atoms with Gasteiger partial charge in [-0.15, -0.1) is 0 Å². The van der Waals surface area contributed by atoms with E-state index in [1.54, 1.807) is 7.11 Å². The van der Waals surface area contributed by atoms with Gasteiger partial charge in [-0.25, -0.2) is 0 Å². The zero-order valence-electron chi connectivity index (χ0n) is 15.2. The third-order valence-electron chi connectivity index (χ3n) is 4.84.